The first-order valence-corrected chi connectivity index (χ1v) is 24.0. The van der Waals surface area contributed by atoms with Gasteiger partial charge in [0.15, 0.2) is 6.10 Å². The zero-order valence-electron chi connectivity index (χ0n) is 37.8. The van der Waals surface area contributed by atoms with Crippen LogP contribution in [0.25, 0.3) is 0 Å². The quantitative estimate of drug-likeness (QED) is 0.0153. The second-order valence-corrected chi connectivity index (χ2v) is 17.5. The van der Waals surface area contributed by atoms with E-state index in [1.165, 1.54) is 51.4 Å². The molecule has 0 aliphatic heterocycles. The number of phosphoric ester groups is 1. The van der Waals surface area contributed by atoms with Gasteiger partial charge < -0.3 is 38.1 Å². The summed E-state index contributed by atoms with van der Waals surface area (Å²) in [7, 11) is 1.05. The van der Waals surface area contributed by atoms with Crippen LogP contribution in [-0.4, -0.2) is 92.5 Å². The second-order valence-electron chi connectivity index (χ2n) is 16.1. The van der Waals surface area contributed by atoms with Crippen molar-refractivity contribution in [1.29, 1.82) is 0 Å². The van der Waals surface area contributed by atoms with Crippen molar-refractivity contribution in [3.05, 3.63) is 85.1 Å². The summed E-state index contributed by atoms with van der Waals surface area (Å²) in [6, 6.07) is 0. The van der Waals surface area contributed by atoms with E-state index in [-0.39, 0.29) is 26.1 Å². The average Bonchev–Trinajstić information content (AvgIpc) is 3.19. The van der Waals surface area contributed by atoms with Crippen molar-refractivity contribution in [3.63, 3.8) is 0 Å². The Kier molecular flexibility index (Phi) is 37.1. The molecule has 0 saturated carbocycles. The van der Waals surface area contributed by atoms with Gasteiger partial charge in [-0.3, -0.25) is 14.2 Å². The second kappa shape index (κ2) is 39.0. The number of hydrogen-bond donors (Lipinski definition) is 2. The van der Waals surface area contributed by atoms with Crippen molar-refractivity contribution in [2.45, 2.75) is 161 Å². The highest BCUT2D eigenvalue weighted by molar-refractivity contribution is 7.45. The normalized spacial score (nSPS) is 15.4. The number of aliphatic hydroxyl groups excluding tert-OH is 2. The molecule has 0 aromatic rings. The molecular formula is C48H82NO10P. The number of phosphoric acid groups is 1. The van der Waals surface area contributed by atoms with Crippen molar-refractivity contribution in [1.82, 2.24) is 0 Å². The van der Waals surface area contributed by atoms with Crippen LogP contribution in [0.4, 0.5) is 0 Å². The summed E-state index contributed by atoms with van der Waals surface area (Å²) >= 11 is 0. The number of ether oxygens (including phenoxy) is 2. The Bertz CT molecular complexity index is 1330. The lowest BCUT2D eigenvalue weighted by atomic mass is 10.1. The number of esters is 2. The van der Waals surface area contributed by atoms with Gasteiger partial charge in [0.1, 0.15) is 19.8 Å². The lowest BCUT2D eigenvalue weighted by Gasteiger charge is -2.28. The maximum Gasteiger partial charge on any atom is 0.306 e. The minimum atomic E-state index is -4.67. The first-order chi connectivity index (χ1) is 28.8. The van der Waals surface area contributed by atoms with Crippen molar-refractivity contribution >= 4 is 19.8 Å². The molecule has 0 bridgehead atoms. The number of carbonyl (C=O) groups excluding carboxylic acids is 2. The number of rotatable bonds is 39. The molecule has 0 heterocycles. The van der Waals surface area contributed by atoms with Gasteiger partial charge >= 0.3 is 11.9 Å². The molecule has 344 valence electrons. The van der Waals surface area contributed by atoms with Gasteiger partial charge in [-0.15, -0.1) is 0 Å². The Morgan fingerprint density at radius 2 is 1.18 bits per heavy atom. The SMILES string of the molecule is CC/C=C\C[C@@H](O)/C=C/C=C\C=C\[C@@H](O)C/C=C\C/C=C\CCC(=O)OC[C@H](COP(=O)([O-])OCC[N+](C)(C)C)OC(=O)CCCCCCCCC/C=C\CCCCCC. The maximum atomic E-state index is 12.7. The van der Waals surface area contributed by atoms with E-state index in [0.717, 1.165) is 32.1 Å². The number of likely N-dealkylation sites (N-methyl/N-ethyl adjacent to an activating group) is 1. The first kappa shape index (κ1) is 57.1. The van der Waals surface area contributed by atoms with Crippen LogP contribution >= 0.6 is 7.82 Å². The van der Waals surface area contributed by atoms with E-state index in [1.54, 1.807) is 36.5 Å². The summed E-state index contributed by atoms with van der Waals surface area (Å²) in [6.07, 6.45) is 42.6. The number of nitrogens with zero attached hydrogens (tertiary/aromatic N) is 1. The van der Waals surface area contributed by atoms with Crippen molar-refractivity contribution in [2.75, 3.05) is 47.5 Å². The predicted octanol–water partition coefficient (Wildman–Crippen LogP) is 10.1. The van der Waals surface area contributed by atoms with E-state index in [1.807, 2.05) is 64.5 Å². The Labute approximate surface area is 364 Å². The zero-order valence-corrected chi connectivity index (χ0v) is 38.7. The first-order valence-electron chi connectivity index (χ1n) is 22.5. The lowest BCUT2D eigenvalue weighted by molar-refractivity contribution is -0.870. The molecule has 12 heteroatoms. The van der Waals surface area contributed by atoms with Crippen LogP contribution in [0.15, 0.2) is 85.1 Å². The molecule has 0 rings (SSSR count). The monoisotopic (exact) mass is 864 g/mol. The number of hydrogen-bond acceptors (Lipinski definition) is 10. The summed E-state index contributed by atoms with van der Waals surface area (Å²) in [5.74, 6) is -1.01. The fraction of sp³-hybridized carbons (Fsp3) is 0.667. The van der Waals surface area contributed by atoms with Crippen molar-refractivity contribution in [3.8, 4) is 0 Å². The average molecular weight is 864 g/mol. The fourth-order valence-electron chi connectivity index (χ4n) is 5.50. The molecule has 60 heavy (non-hydrogen) atoms. The van der Waals surface area contributed by atoms with Gasteiger partial charge in [-0.05, 0) is 64.2 Å². The fourth-order valence-corrected chi connectivity index (χ4v) is 6.22. The molecule has 2 N–H and O–H groups in total. The van der Waals surface area contributed by atoms with Crippen LogP contribution in [0.1, 0.15) is 142 Å². The molecule has 0 radical (unpaired) electrons. The summed E-state index contributed by atoms with van der Waals surface area (Å²) < 4.78 is 33.7. The third-order valence-electron chi connectivity index (χ3n) is 9.08. The van der Waals surface area contributed by atoms with E-state index in [0.29, 0.717) is 43.1 Å². The summed E-state index contributed by atoms with van der Waals surface area (Å²) in [4.78, 5) is 37.5. The molecule has 0 aromatic heterocycles. The van der Waals surface area contributed by atoms with Crippen LogP contribution in [0, 0.1) is 0 Å². The highest BCUT2D eigenvalue weighted by atomic mass is 31.2. The molecular weight excluding hydrogens is 781 g/mol. The molecule has 0 aromatic carbocycles. The van der Waals surface area contributed by atoms with Gasteiger partial charge in [-0.2, -0.15) is 0 Å². The van der Waals surface area contributed by atoms with Gasteiger partial charge in [-0.1, -0.05) is 150 Å². The van der Waals surface area contributed by atoms with Crippen molar-refractivity contribution < 1.29 is 52.3 Å². The number of unbranched alkanes of at least 4 members (excludes halogenated alkanes) is 11. The predicted molar refractivity (Wildman–Crippen MR) is 243 cm³/mol. The molecule has 0 aliphatic carbocycles. The van der Waals surface area contributed by atoms with E-state index in [2.05, 4.69) is 19.1 Å². The van der Waals surface area contributed by atoms with Crippen LogP contribution in [0.2, 0.25) is 0 Å². The molecule has 1 unspecified atom stereocenters. The Balaban J connectivity index is 4.59. The molecule has 0 aliphatic rings. The molecule has 11 nitrogen and oxygen atoms in total. The number of aliphatic hydroxyl groups is 2. The highest BCUT2D eigenvalue weighted by Gasteiger charge is 2.21. The smallest absolute Gasteiger partial charge is 0.306 e. The third kappa shape index (κ3) is 41.8. The Morgan fingerprint density at radius 1 is 0.633 bits per heavy atom. The van der Waals surface area contributed by atoms with E-state index >= 15 is 0 Å². The van der Waals surface area contributed by atoms with Gasteiger partial charge in [0, 0.05) is 12.8 Å². The van der Waals surface area contributed by atoms with E-state index < -0.39 is 44.7 Å². The number of quaternary nitrogens is 1. The van der Waals surface area contributed by atoms with Crippen LogP contribution < -0.4 is 4.89 Å². The van der Waals surface area contributed by atoms with E-state index in [4.69, 9.17) is 18.5 Å². The summed E-state index contributed by atoms with van der Waals surface area (Å²) in [5, 5.41) is 20.0. The maximum absolute atomic E-state index is 12.7. The topological polar surface area (TPSA) is 152 Å². The summed E-state index contributed by atoms with van der Waals surface area (Å²) in [6.45, 7) is 3.79. The molecule has 0 saturated heterocycles. The minimum absolute atomic E-state index is 0.0653. The minimum Gasteiger partial charge on any atom is -0.756 e. The molecule has 4 atom stereocenters. The zero-order chi connectivity index (χ0) is 44.6. The van der Waals surface area contributed by atoms with E-state index in [9.17, 15) is 29.3 Å². The molecule has 0 spiro atoms. The largest absolute Gasteiger partial charge is 0.756 e. The molecule has 0 amide bonds. The van der Waals surface area contributed by atoms with Crippen LogP contribution in [-0.2, 0) is 32.7 Å². The molecule has 0 fully saturated rings. The third-order valence-corrected chi connectivity index (χ3v) is 10.0. The number of allylic oxidation sites excluding steroid dienone is 10. The summed E-state index contributed by atoms with van der Waals surface area (Å²) in [5.41, 5.74) is 0. The van der Waals surface area contributed by atoms with Crippen LogP contribution in [0.5, 0.6) is 0 Å². The highest BCUT2D eigenvalue weighted by Crippen LogP contribution is 2.38. The van der Waals surface area contributed by atoms with Gasteiger partial charge in [-0.25, -0.2) is 0 Å². The standard InChI is InChI=1S/C48H82NO10P/c1-6-8-10-11-12-13-14-15-16-17-18-19-20-25-33-39-48(53)59-46(43-58-60(54,55)57-41-40-49(3,4)5)42-56-47(52)38-32-24-22-21-23-29-35-45(51)37-31-27-26-30-36-44(50)34-28-9-7-2/h9,13-14,22-24,26-31,36-37,44-46,50-51H,6-8,10-12,15-21,25,32-35,38-43H2,1-5H3/b14-13-,24-22-,27-26-,28-9-,29-23-,36-30+,37-31+/t44-,45+,46-/m1/s1. The Hall–Kier alpha value is -2.89. The van der Waals surface area contributed by atoms with Crippen molar-refractivity contribution in [2.24, 2.45) is 0 Å². The Morgan fingerprint density at radius 3 is 1.78 bits per heavy atom. The van der Waals surface area contributed by atoms with Gasteiger partial charge in [0.05, 0.1) is 40.0 Å². The van der Waals surface area contributed by atoms with Gasteiger partial charge in [0.2, 0.25) is 0 Å². The van der Waals surface area contributed by atoms with Crippen LogP contribution in [0.3, 0.4) is 0 Å². The van der Waals surface area contributed by atoms with Gasteiger partial charge in [0.25, 0.3) is 7.82 Å². The lowest BCUT2D eigenvalue weighted by Crippen LogP contribution is -2.37. The number of carbonyl (C=O) groups is 2.